The van der Waals surface area contributed by atoms with E-state index in [4.69, 9.17) is 40.6 Å². The van der Waals surface area contributed by atoms with Gasteiger partial charge >= 0.3 is 0 Å². The second-order valence-corrected chi connectivity index (χ2v) is 4.14. The van der Waals surface area contributed by atoms with Gasteiger partial charge < -0.3 is 17.4 Å². The van der Waals surface area contributed by atoms with Gasteiger partial charge in [0.05, 0.1) is 5.02 Å². The Morgan fingerprint density at radius 3 is 2.81 bits per heavy atom. The number of aromatic amines is 1. The zero-order chi connectivity index (χ0) is 11.5. The van der Waals surface area contributed by atoms with E-state index in [1.54, 1.807) is 18.2 Å². The van der Waals surface area contributed by atoms with E-state index in [0.717, 1.165) is 0 Å². The van der Waals surface area contributed by atoms with E-state index in [1.807, 2.05) is 0 Å². The molecule has 0 aliphatic rings. The summed E-state index contributed by atoms with van der Waals surface area (Å²) in [6, 6.07) is 4.99. The van der Waals surface area contributed by atoms with Crippen molar-refractivity contribution >= 4 is 35.8 Å². The molecule has 0 aliphatic carbocycles. The Kier molecular flexibility index (Phi) is 3.48. The predicted octanol–water partition coefficient (Wildman–Crippen LogP) is 2.60. The number of H-pyrrole nitrogens is 1. The fraction of sp³-hybridized carbons (Fsp3) is 0.111. The SMILES string of the molecule is [S-]c1n[nH]c(COc2ccc(Cl)cc2Cl)n1. The average Bonchev–Trinajstić information content (AvgIpc) is 2.63. The molecule has 0 fully saturated rings. The van der Waals surface area contributed by atoms with Crippen LogP contribution in [0.1, 0.15) is 5.82 Å². The van der Waals surface area contributed by atoms with Crippen LogP contribution >= 0.6 is 23.2 Å². The first-order valence-corrected chi connectivity index (χ1v) is 5.48. The minimum atomic E-state index is 0.227. The van der Waals surface area contributed by atoms with Gasteiger partial charge in [-0.25, -0.2) is 4.98 Å². The fourth-order valence-corrected chi connectivity index (χ4v) is 1.70. The molecule has 1 heterocycles. The van der Waals surface area contributed by atoms with Crippen molar-refractivity contribution in [1.29, 1.82) is 0 Å². The number of rotatable bonds is 3. The van der Waals surface area contributed by atoms with Gasteiger partial charge in [-0.05, 0) is 18.2 Å². The summed E-state index contributed by atoms with van der Waals surface area (Å²) >= 11 is 16.4. The molecule has 0 atom stereocenters. The number of hydrogen-bond donors (Lipinski definition) is 1. The highest BCUT2D eigenvalue weighted by Crippen LogP contribution is 2.27. The summed E-state index contributed by atoms with van der Waals surface area (Å²) < 4.78 is 5.42. The third-order valence-electron chi connectivity index (χ3n) is 1.77. The molecule has 0 aliphatic heterocycles. The molecule has 1 aromatic carbocycles. The van der Waals surface area contributed by atoms with Gasteiger partial charge in [-0.3, -0.25) is 5.10 Å². The van der Waals surface area contributed by atoms with Crippen LogP contribution in [0.25, 0.3) is 0 Å². The van der Waals surface area contributed by atoms with Crippen LogP contribution < -0.4 is 4.74 Å². The summed E-state index contributed by atoms with van der Waals surface area (Å²) in [4.78, 5) is 3.93. The first-order chi connectivity index (χ1) is 7.65. The van der Waals surface area contributed by atoms with Crippen molar-refractivity contribution in [3.05, 3.63) is 34.1 Å². The third-order valence-corrected chi connectivity index (χ3v) is 2.48. The lowest BCUT2D eigenvalue weighted by molar-refractivity contribution is 0.296. The number of benzene rings is 1. The highest BCUT2D eigenvalue weighted by Gasteiger charge is 2.03. The maximum atomic E-state index is 5.92. The molecule has 0 bridgehead atoms. The molecule has 2 rings (SSSR count). The Morgan fingerprint density at radius 1 is 1.38 bits per heavy atom. The Balaban J connectivity index is 2.04. The fourth-order valence-electron chi connectivity index (χ4n) is 1.08. The third kappa shape index (κ3) is 2.75. The van der Waals surface area contributed by atoms with E-state index in [2.05, 4.69) is 15.2 Å². The highest BCUT2D eigenvalue weighted by atomic mass is 35.5. The van der Waals surface area contributed by atoms with E-state index in [0.29, 0.717) is 21.6 Å². The van der Waals surface area contributed by atoms with Crippen LogP contribution in [0.4, 0.5) is 0 Å². The van der Waals surface area contributed by atoms with E-state index in [1.165, 1.54) is 0 Å². The molecule has 0 spiro atoms. The first-order valence-electron chi connectivity index (χ1n) is 4.31. The number of hydrogen-bond acceptors (Lipinski definition) is 4. The largest absolute Gasteiger partial charge is 0.738 e. The van der Waals surface area contributed by atoms with Gasteiger partial charge in [-0.1, -0.05) is 23.2 Å². The van der Waals surface area contributed by atoms with Gasteiger partial charge in [0.25, 0.3) is 0 Å². The van der Waals surface area contributed by atoms with Gasteiger partial charge in [0, 0.05) is 10.2 Å². The topological polar surface area (TPSA) is 50.8 Å². The molecule has 0 unspecified atom stereocenters. The van der Waals surface area contributed by atoms with Gasteiger partial charge in [0.15, 0.2) is 5.82 Å². The Bertz CT molecular complexity index is 503. The van der Waals surface area contributed by atoms with Crippen LogP contribution in [-0.4, -0.2) is 15.2 Å². The maximum Gasteiger partial charge on any atom is 0.160 e. The maximum absolute atomic E-state index is 5.92. The van der Waals surface area contributed by atoms with E-state index in [9.17, 15) is 0 Å². The zero-order valence-electron chi connectivity index (χ0n) is 7.91. The molecule has 0 amide bonds. The molecule has 2 aromatic rings. The molecular weight excluding hydrogens is 269 g/mol. The second kappa shape index (κ2) is 4.86. The van der Waals surface area contributed by atoms with Crippen molar-refractivity contribution in [3.63, 3.8) is 0 Å². The number of ether oxygens (including phenoxy) is 1. The molecule has 0 radical (unpaired) electrons. The van der Waals surface area contributed by atoms with Crippen LogP contribution in [0, 0.1) is 0 Å². The van der Waals surface area contributed by atoms with Crippen LogP contribution in [0.3, 0.4) is 0 Å². The summed E-state index contributed by atoms with van der Waals surface area (Å²) in [6.45, 7) is 0.227. The zero-order valence-corrected chi connectivity index (χ0v) is 10.2. The highest BCUT2D eigenvalue weighted by molar-refractivity contribution is 7.58. The quantitative estimate of drug-likeness (QED) is 0.875. The number of halogens is 2. The second-order valence-electron chi connectivity index (χ2n) is 2.93. The van der Waals surface area contributed by atoms with E-state index >= 15 is 0 Å². The number of aromatic nitrogens is 3. The summed E-state index contributed by atoms with van der Waals surface area (Å²) in [5.74, 6) is 1.09. The molecule has 0 saturated heterocycles. The smallest absolute Gasteiger partial charge is 0.160 e. The van der Waals surface area contributed by atoms with Crippen molar-refractivity contribution in [1.82, 2.24) is 15.2 Å². The Labute approximate surface area is 107 Å². The standard InChI is InChI=1S/C9H7Cl2N3OS/c10-5-1-2-7(6(11)3-5)15-4-8-12-9(16)14-13-8/h1-3H,4H2,(H2,12,13,14,16)/p-1. The van der Waals surface area contributed by atoms with Crippen molar-refractivity contribution in [2.24, 2.45) is 0 Å². The first kappa shape index (κ1) is 11.4. The summed E-state index contributed by atoms with van der Waals surface area (Å²) in [5, 5.41) is 7.63. The van der Waals surface area contributed by atoms with Crippen LogP contribution in [0.15, 0.2) is 23.4 Å². The van der Waals surface area contributed by atoms with Crippen LogP contribution in [-0.2, 0) is 19.2 Å². The van der Waals surface area contributed by atoms with E-state index in [-0.39, 0.29) is 11.8 Å². The lowest BCUT2D eigenvalue weighted by Gasteiger charge is -2.06. The van der Waals surface area contributed by atoms with Crippen molar-refractivity contribution in [3.8, 4) is 5.75 Å². The minimum Gasteiger partial charge on any atom is -0.738 e. The molecule has 84 valence electrons. The molecule has 7 heteroatoms. The van der Waals surface area contributed by atoms with Crippen molar-refractivity contribution in [2.45, 2.75) is 11.8 Å². The number of nitrogens with one attached hydrogen (secondary N) is 1. The van der Waals surface area contributed by atoms with Crippen LogP contribution in [0.5, 0.6) is 5.75 Å². The molecule has 1 aromatic heterocycles. The van der Waals surface area contributed by atoms with Gasteiger partial charge in [-0.15, -0.1) is 0 Å². The number of nitrogens with zero attached hydrogens (tertiary/aromatic N) is 2. The van der Waals surface area contributed by atoms with Gasteiger partial charge in [-0.2, -0.15) is 5.10 Å². The van der Waals surface area contributed by atoms with Crippen molar-refractivity contribution < 1.29 is 4.74 Å². The Hall–Kier alpha value is -1.04. The normalized spacial score (nSPS) is 10.4. The lowest BCUT2D eigenvalue weighted by Crippen LogP contribution is -1.98. The molecular formula is C9H6Cl2N3OS-. The monoisotopic (exact) mass is 274 g/mol. The summed E-state index contributed by atoms with van der Waals surface area (Å²) in [5.41, 5.74) is 0. The van der Waals surface area contributed by atoms with E-state index < -0.39 is 0 Å². The summed E-state index contributed by atoms with van der Waals surface area (Å²) in [7, 11) is 0. The molecule has 0 saturated carbocycles. The van der Waals surface area contributed by atoms with Crippen molar-refractivity contribution in [2.75, 3.05) is 0 Å². The predicted molar refractivity (Wildman–Crippen MR) is 62.8 cm³/mol. The molecule has 1 N–H and O–H groups in total. The average molecular weight is 275 g/mol. The van der Waals surface area contributed by atoms with Gasteiger partial charge in [0.2, 0.25) is 0 Å². The molecule has 16 heavy (non-hydrogen) atoms. The lowest BCUT2D eigenvalue weighted by atomic mass is 10.3. The molecule has 4 nitrogen and oxygen atoms in total. The van der Waals surface area contributed by atoms with Gasteiger partial charge in [0.1, 0.15) is 12.4 Å². The minimum absolute atomic E-state index is 0.227. The summed E-state index contributed by atoms with van der Waals surface area (Å²) in [6.07, 6.45) is 0. The Morgan fingerprint density at radius 2 is 2.19 bits per heavy atom. The van der Waals surface area contributed by atoms with Crippen LogP contribution in [0.2, 0.25) is 10.0 Å².